The van der Waals surface area contributed by atoms with E-state index in [1.54, 1.807) is 12.1 Å². The van der Waals surface area contributed by atoms with E-state index >= 15 is 0 Å². The third-order valence-corrected chi connectivity index (χ3v) is 6.16. The molecule has 0 saturated heterocycles. The minimum atomic E-state index is -0.247. The molecule has 7 heteroatoms. The Balaban J connectivity index is 1.12. The molecule has 0 fully saturated rings. The van der Waals surface area contributed by atoms with Crippen molar-refractivity contribution in [3.8, 4) is 0 Å². The van der Waals surface area contributed by atoms with Crippen molar-refractivity contribution in [3.63, 3.8) is 0 Å². The summed E-state index contributed by atoms with van der Waals surface area (Å²) in [4.78, 5) is 32.7. The molecule has 0 aliphatic heterocycles. The van der Waals surface area contributed by atoms with Crippen LogP contribution in [-0.2, 0) is 13.1 Å². The molecule has 5 rings (SSSR count). The van der Waals surface area contributed by atoms with Gasteiger partial charge in [0.15, 0.2) is 0 Å². The molecular formula is C29H27N5O2. The number of urea groups is 1. The molecule has 36 heavy (non-hydrogen) atoms. The summed E-state index contributed by atoms with van der Waals surface area (Å²) in [5.74, 6) is 0.519. The van der Waals surface area contributed by atoms with E-state index in [1.165, 1.54) is 0 Å². The number of nitrogens with one attached hydrogen (secondary N) is 4. The number of benzene rings is 4. The van der Waals surface area contributed by atoms with Gasteiger partial charge in [0.25, 0.3) is 5.91 Å². The Hall–Kier alpha value is -4.65. The van der Waals surface area contributed by atoms with Gasteiger partial charge >= 0.3 is 6.03 Å². The van der Waals surface area contributed by atoms with Crippen molar-refractivity contribution in [1.29, 1.82) is 0 Å². The zero-order valence-corrected chi connectivity index (χ0v) is 19.9. The standard InChI is InChI=1S/C29H27N5O2/c1-19(23-10-6-8-21-7-2-3-9-24(21)23)32-29(36)31-17-20-13-15-22(16-14-20)28(35)30-18-27-33-25-11-4-5-12-26(25)34-27/h2-16,19H,17-18H2,1H3,(H,30,35)(H,33,34)(H2,31,32,36). The van der Waals surface area contributed by atoms with Crippen LogP contribution in [0.3, 0.4) is 0 Å². The fraction of sp³-hybridized carbons (Fsp3) is 0.138. The lowest BCUT2D eigenvalue weighted by atomic mass is 10.00. The Morgan fingerprint density at radius 1 is 0.833 bits per heavy atom. The third kappa shape index (κ3) is 5.20. The lowest BCUT2D eigenvalue weighted by Gasteiger charge is -2.17. The number of hydrogen-bond acceptors (Lipinski definition) is 3. The SMILES string of the molecule is CC(NC(=O)NCc1ccc(C(=O)NCc2nc3ccccc3[nH]2)cc1)c1cccc2ccccc12. The van der Waals surface area contributed by atoms with Crippen molar-refractivity contribution >= 4 is 33.7 Å². The quantitative estimate of drug-likeness (QED) is 0.259. The van der Waals surface area contributed by atoms with E-state index in [0.717, 1.165) is 32.9 Å². The predicted molar refractivity (Wildman–Crippen MR) is 141 cm³/mol. The largest absolute Gasteiger partial charge is 0.345 e. The Bertz CT molecular complexity index is 1490. The molecule has 180 valence electrons. The molecule has 1 atom stereocenters. The molecule has 4 aromatic carbocycles. The van der Waals surface area contributed by atoms with Crippen molar-refractivity contribution in [3.05, 3.63) is 114 Å². The van der Waals surface area contributed by atoms with Crippen molar-refractivity contribution in [2.75, 3.05) is 0 Å². The summed E-state index contributed by atoms with van der Waals surface area (Å²) in [5.41, 5.74) is 4.32. The number of imidazole rings is 1. The molecule has 0 aliphatic carbocycles. The van der Waals surface area contributed by atoms with E-state index in [1.807, 2.05) is 67.6 Å². The van der Waals surface area contributed by atoms with Crippen molar-refractivity contribution in [1.82, 2.24) is 25.9 Å². The number of fused-ring (bicyclic) bond motifs is 2. The van der Waals surface area contributed by atoms with E-state index in [0.29, 0.717) is 24.5 Å². The molecule has 0 spiro atoms. The first-order chi connectivity index (χ1) is 17.6. The summed E-state index contributed by atoms with van der Waals surface area (Å²) in [6.45, 7) is 2.64. The molecule has 0 radical (unpaired) electrons. The molecule has 0 bridgehead atoms. The predicted octanol–water partition coefficient (Wildman–Crippen LogP) is 5.21. The fourth-order valence-corrected chi connectivity index (χ4v) is 4.27. The molecule has 1 aromatic heterocycles. The molecule has 1 heterocycles. The number of para-hydroxylation sites is 2. The van der Waals surface area contributed by atoms with E-state index in [4.69, 9.17) is 0 Å². The second-order valence-electron chi connectivity index (χ2n) is 8.70. The molecule has 7 nitrogen and oxygen atoms in total. The Labute approximate surface area is 209 Å². The van der Waals surface area contributed by atoms with Gasteiger partial charge < -0.3 is 20.9 Å². The molecule has 3 amide bonds. The lowest BCUT2D eigenvalue weighted by molar-refractivity contribution is 0.0950. The molecular weight excluding hydrogens is 450 g/mol. The number of aromatic nitrogens is 2. The lowest BCUT2D eigenvalue weighted by Crippen LogP contribution is -2.36. The van der Waals surface area contributed by atoms with Crippen LogP contribution in [0.1, 0.15) is 40.3 Å². The van der Waals surface area contributed by atoms with Gasteiger partial charge in [-0.3, -0.25) is 4.79 Å². The van der Waals surface area contributed by atoms with Crippen LogP contribution >= 0.6 is 0 Å². The van der Waals surface area contributed by atoms with Crippen LogP contribution in [-0.4, -0.2) is 21.9 Å². The summed E-state index contributed by atoms with van der Waals surface area (Å²) in [6.07, 6.45) is 0. The van der Waals surface area contributed by atoms with Crippen molar-refractivity contribution < 1.29 is 9.59 Å². The van der Waals surface area contributed by atoms with Gasteiger partial charge in [-0.1, -0.05) is 66.7 Å². The van der Waals surface area contributed by atoms with Crippen LogP contribution in [0.5, 0.6) is 0 Å². The maximum Gasteiger partial charge on any atom is 0.315 e. The van der Waals surface area contributed by atoms with E-state index in [-0.39, 0.29) is 18.0 Å². The van der Waals surface area contributed by atoms with E-state index < -0.39 is 0 Å². The van der Waals surface area contributed by atoms with Crippen LogP contribution in [0.25, 0.3) is 21.8 Å². The first kappa shape index (κ1) is 23.1. The highest BCUT2D eigenvalue weighted by Gasteiger charge is 2.12. The van der Waals surface area contributed by atoms with Crippen LogP contribution in [0.2, 0.25) is 0 Å². The number of nitrogens with zero attached hydrogens (tertiary/aromatic N) is 1. The zero-order chi connectivity index (χ0) is 24.9. The van der Waals surface area contributed by atoms with Gasteiger partial charge in [0, 0.05) is 12.1 Å². The smallest absolute Gasteiger partial charge is 0.315 e. The van der Waals surface area contributed by atoms with Gasteiger partial charge in [0.05, 0.1) is 23.6 Å². The normalized spacial score (nSPS) is 11.8. The number of carbonyl (C=O) groups excluding carboxylic acids is 2. The van der Waals surface area contributed by atoms with E-state index in [9.17, 15) is 9.59 Å². The van der Waals surface area contributed by atoms with Gasteiger partial charge in [-0.2, -0.15) is 0 Å². The molecule has 1 unspecified atom stereocenters. The topological polar surface area (TPSA) is 98.9 Å². The summed E-state index contributed by atoms with van der Waals surface area (Å²) in [6, 6.07) is 28.8. The highest BCUT2D eigenvalue weighted by atomic mass is 16.2. The Morgan fingerprint density at radius 2 is 1.58 bits per heavy atom. The molecule has 0 saturated carbocycles. The van der Waals surface area contributed by atoms with Crippen LogP contribution in [0.15, 0.2) is 91.0 Å². The van der Waals surface area contributed by atoms with Crippen LogP contribution in [0.4, 0.5) is 4.79 Å². The van der Waals surface area contributed by atoms with Gasteiger partial charge in [-0.05, 0) is 53.1 Å². The van der Waals surface area contributed by atoms with Crippen LogP contribution < -0.4 is 16.0 Å². The number of H-pyrrole nitrogens is 1. The Morgan fingerprint density at radius 3 is 2.42 bits per heavy atom. The second-order valence-corrected chi connectivity index (χ2v) is 8.70. The molecule has 4 N–H and O–H groups in total. The maximum atomic E-state index is 12.5. The number of rotatable bonds is 7. The third-order valence-electron chi connectivity index (χ3n) is 6.16. The van der Waals surface area contributed by atoms with Crippen molar-refractivity contribution in [2.24, 2.45) is 0 Å². The van der Waals surface area contributed by atoms with Gasteiger partial charge in [0.1, 0.15) is 5.82 Å². The highest BCUT2D eigenvalue weighted by Crippen LogP contribution is 2.24. The average Bonchev–Trinajstić information content (AvgIpc) is 3.33. The fourth-order valence-electron chi connectivity index (χ4n) is 4.27. The first-order valence-corrected chi connectivity index (χ1v) is 11.9. The van der Waals surface area contributed by atoms with Crippen molar-refractivity contribution in [2.45, 2.75) is 26.1 Å². The number of carbonyl (C=O) groups is 2. The van der Waals surface area contributed by atoms with Crippen LogP contribution in [0, 0.1) is 0 Å². The summed E-state index contributed by atoms with van der Waals surface area (Å²) < 4.78 is 0. The first-order valence-electron chi connectivity index (χ1n) is 11.9. The van der Waals surface area contributed by atoms with E-state index in [2.05, 4.69) is 44.1 Å². The molecule has 5 aromatic rings. The minimum Gasteiger partial charge on any atom is -0.345 e. The zero-order valence-electron chi connectivity index (χ0n) is 19.9. The number of amides is 3. The van der Waals surface area contributed by atoms with Gasteiger partial charge in [0.2, 0.25) is 0 Å². The summed E-state index contributed by atoms with van der Waals surface area (Å²) >= 11 is 0. The maximum absolute atomic E-state index is 12.5. The number of aromatic amines is 1. The van der Waals surface area contributed by atoms with Gasteiger partial charge in [-0.15, -0.1) is 0 Å². The summed E-state index contributed by atoms with van der Waals surface area (Å²) in [7, 11) is 0. The van der Waals surface area contributed by atoms with Gasteiger partial charge in [-0.25, -0.2) is 9.78 Å². The highest BCUT2D eigenvalue weighted by molar-refractivity contribution is 5.94. The average molecular weight is 478 g/mol. The monoisotopic (exact) mass is 477 g/mol. The minimum absolute atomic E-state index is 0.145. The second kappa shape index (κ2) is 10.3. The Kier molecular flexibility index (Phi) is 6.62. The summed E-state index contributed by atoms with van der Waals surface area (Å²) in [5, 5.41) is 11.1. The molecule has 0 aliphatic rings. The number of hydrogen-bond donors (Lipinski definition) is 4.